The lowest BCUT2D eigenvalue weighted by Gasteiger charge is -2.02. The molecule has 0 saturated carbocycles. The first-order chi connectivity index (χ1) is 9.67. The number of ether oxygens (including phenoxy) is 1. The van der Waals surface area contributed by atoms with Gasteiger partial charge in [0.25, 0.3) is 5.56 Å². The van der Waals surface area contributed by atoms with Crippen LogP contribution in [0.4, 0.5) is 0 Å². The van der Waals surface area contributed by atoms with E-state index in [4.69, 9.17) is 4.74 Å². The fraction of sp³-hybridized carbons (Fsp3) is 0.615. The summed E-state index contributed by atoms with van der Waals surface area (Å²) in [6.07, 6.45) is 2.35. The molecule has 0 unspecified atom stereocenters. The van der Waals surface area contributed by atoms with E-state index in [-0.39, 0.29) is 0 Å². The zero-order valence-corrected chi connectivity index (χ0v) is 11.9. The molecule has 2 N–H and O–H groups in total. The van der Waals surface area contributed by atoms with Crippen LogP contribution in [-0.4, -0.2) is 32.7 Å². The van der Waals surface area contributed by atoms with E-state index in [2.05, 4.69) is 15.0 Å². The minimum Gasteiger partial charge on any atom is -0.381 e. The Labute approximate surface area is 116 Å². The van der Waals surface area contributed by atoms with Crippen LogP contribution in [0.5, 0.6) is 0 Å². The van der Waals surface area contributed by atoms with Crippen LogP contribution in [0.3, 0.4) is 0 Å². The number of imidazole rings is 1. The van der Waals surface area contributed by atoms with Crippen LogP contribution >= 0.6 is 0 Å². The number of rotatable bonds is 7. The summed E-state index contributed by atoms with van der Waals surface area (Å²) in [5.41, 5.74) is -0.0650. The second kappa shape index (κ2) is 6.51. The average Bonchev–Trinajstić information content (AvgIpc) is 2.84. The summed E-state index contributed by atoms with van der Waals surface area (Å²) in [4.78, 5) is 33.2. The minimum absolute atomic E-state index is 0.351. The summed E-state index contributed by atoms with van der Waals surface area (Å²) >= 11 is 0. The molecule has 0 radical (unpaired) electrons. The van der Waals surface area contributed by atoms with Crippen LogP contribution < -0.4 is 11.2 Å². The molecule has 0 aliphatic rings. The lowest BCUT2D eigenvalue weighted by molar-refractivity contribution is 0.137. The first-order valence-electron chi connectivity index (χ1n) is 6.96. The van der Waals surface area contributed by atoms with Crippen molar-refractivity contribution in [1.82, 2.24) is 19.5 Å². The summed E-state index contributed by atoms with van der Waals surface area (Å²) in [5.74, 6) is 0.664. The Morgan fingerprint density at radius 1 is 1.15 bits per heavy atom. The molecule has 110 valence electrons. The smallest absolute Gasteiger partial charge is 0.330 e. The van der Waals surface area contributed by atoms with Crippen molar-refractivity contribution in [3.8, 4) is 0 Å². The maximum Gasteiger partial charge on any atom is 0.330 e. The van der Waals surface area contributed by atoms with E-state index in [0.717, 1.165) is 12.8 Å². The predicted molar refractivity (Wildman–Crippen MR) is 76.1 cm³/mol. The molecule has 0 spiro atoms. The van der Waals surface area contributed by atoms with Crippen molar-refractivity contribution in [2.75, 3.05) is 13.2 Å². The second-order valence-electron chi connectivity index (χ2n) is 4.66. The van der Waals surface area contributed by atoms with Crippen molar-refractivity contribution < 1.29 is 4.74 Å². The molecule has 2 aromatic heterocycles. The van der Waals surface area contributed by atoms with Gasteiger partial charge in [-0.15, -0.1) is 0 Å². The van der Waals surface area contributed by atoms with Crippen molar-refractivity contribution >= 4 is 11.2 Å². The van der Waals surface area contributed by atoms with Crippen molar-refractivity contribution in [3.63, 3.8) is 0 Å². The number of hydrogen-bond acceptors (Lipinski definition) is 4. The van der Waals surface area contributed by atoms with Crippen LogP contribution in [0, 0.1) is 0 Å². The van der Waals surface area contributed by atoms with E-state index in [9.17, 15) is 9.59 Å². The summed E-state index contributed by atoms with van der Waals surface area (Å²) in [5, 5.41) is 0. The van der Waals surface area contributed by atoms with Gasteiger partial charge in [-0.05, 0) is 12.8 Å². The molecule has 0 bridgehead atoms. The third-order valence-corrected chi connectivity index (χ3v) is 2.96. The maximum absolute atomic E-state index is 11.8. The van der Waals surface area contributed by atoms with Gasteiger partial charge in [0.15, 0.2) is 5.65 Å². The molecule has 2 rings (SSSR count). The lowest BCUT2D eigenvalue weighted by Crippen LogP contribution is -2.30. The van der Waals surface area contributed by atoms with Gasteiger partial charge >= 0.3 is 5.69 Å². The summed E-state index contributed by atoms with van der Waals surface area (Å²) in [6.45, 7) is 5.80. The molecular weight excluding hydrogens is 260 g/mol. The van der Waals surface area contributed by atoms with Gasteiger partial charge in [0.05, 0.1) is 6.61 Å². The molecule has 20 heavy (non-hydrogen) atoms. The van der Waals surface area contributed by atoms with Crippen LogP contribution in [0.1, 0.15) is 32.5 Å². The molecule has 7 nitrogen and oxygen atoms in total. The zero-order chi connectivity index (χ0) is 14.5. The van der Waals surface area contributed by atoms with E-state index in [1.165, 1.54) is 4.57 Å². The van der Waals surface area contributed by atoms with E-state index in [0.29, 0.717) is 43.2 Å². The average molecular weight is 280 g/mol. The highest BCUT2D eigenvalue weighted by Gasteiger charge is 2.12. The largest absolute Gasteiger partial charge is 0.381 e. The Hall–Kier alpha value is -1.89. The number of aromatic amines is 2. The SMILES string of the molecule is CCCOCCc1nc2c([nH]1)c(=O)[nH]c(=O)n2CCC. The summed E-state index contributed by atoms with van der Waals surface area (Å²) in [6, 6.07) is 0. The van der Waals surface area contributed by atoms with Crippen LogP contribution in [0.15, 0.2) is 9.59 Å². The molecule has 0 aliphatic heterocycles. The topological polar surface area (TPSA) is 92.8 Å². The number of fused-ring (bicyclic) bond motifs is 1. The molecule has 0 aromatic carbocycles. The van der Waals surface area contributed by atoms with Crippen LogP contribution in [0.2, 0.25) is 0 Å². The molecular formula is C13H20N4O3. The number of nitrogens with one attached hydrogen (secondary N) is 2. The normalized spacial score (nSPS) is 11.3. The van der Waals surface area contributed by atoms with Gasteiger partial charge in [-0.2, -0.15) is 0 Å². The van der Waals surface area contributed by atoms with Gasteiger partial charge in [0.1, 0.15) is 11.3 Å². The second-order valence-corrected chi connectivity index (χ2v) is 4.66. The number of H-pyrrole nitrogens is 2. The van der Waals surface area contributed by atoms with E-state index in [1.54, 1.807) is 0 Å². The molecule has 0 aliphatic carbocycles. The monoisotopic (exact) mass is 280 g/mol. The molecule has 2 aromatic rings. The molecule has 0 atom stereocenters. The number of aromatic nitrogens is 4. The number of aryl methyl sites for hydroxylation is 1. The molecule has 0 amide bonds. The Kier molecular flexibility index (Phi) is 4.73. The third kappa shape index (κ3) is 2.98. The van der Waals surface area contributed by atoms with Crippen LogP contribution in [-0.2, 0) is 17.7 Å². The lowest BCUT2D eigenvalue weighted by atomic mass is 10.4. The van der Waals surface area contributed by atoms with Gasteiger partial charge < -0.3 is 9.72 Å². The van der Waals surface area contributed by atoms with Crippen molar-refractivity contribution in [3.05, 3.63) is 26.7 Å². The fourth-order valence-electron chi connectivity index (χ4n) is 2.05. The van der Waals surface area contributed by atoms with Gasteiger partial charge in [0.2, 0.25) is 0 Å². The van der Waals surface area contributed by atoms with Gasteiger partial charge in [-0.25, -0.2) is 9.78 Å². The Morgan fingerprint density at radius 3 is 2.65 bits per heavy atom. The molecule has 0 fully saturated rings. The van der Waals surface area contributed by atoms with E-state index < -0.39 is 11.2 Å². The first-order valence-corrected chi connectivity index (χ1v) is 6.96. The number of hydrogen-bond donors (Lipinski definition) is 2. The molecule has 7 heteroatoms. The highest BCUT2D eigenvalue weighted by atomic mass is 16.5. The highest BCUT2D eigenvalue weighted by molar-refractivity contribution is 5.69. The van der Waals surface area contributed by atoms with Gasteiger partial charge in [0, 0.05) is 19.6 Å². The summed E-state index contributed by atoms with van der Waals surface area (Å²) < 4.78 is 6.89. The molecule has 0 saturated heterocycles. The third-order valence-electron chi connectivity index (χ3n) is 2.96. The van der Waals surface area contributed by atoms with Crippen LogP contribution in [0.25, 0.3) is 11.2 Å². The Bertz CT molecular complexity index is 683. The summed E-state index contributed by atoms with van der Waals surface area (Å²) in [7, 11) is 0. The van der Waals surface area contributed by atoms with Crippen molar-refractivity contribution in [2.45, 2.75) is 39.7 Å². The first kappa shape index (κ1) is 14.5. The minimum atomic E-state index is -0.425. The highest BCUT2D eigenvalue weighted by Crippen LogP contribution is 2.06. The van der Waals surface area contributed by atoms with Gasteiger partial charge in [-0.3, -0.25) is 14.3 Å². The van der Waals surface area contributed by atoms with E-state index in [1.807, 2.05) is 13.8 Å². The number of nitrogens with zero attached hydrogens (tertiary/aromatic N) is 2. The Balaban J connectivity index is 2.32. The standard InChI is InChI=1S/C13H20N4O3/c1-3-6-17-11-10(12(18)16-13(17)19)14-9(15-11)5-8-20-7-4-2/h3-8H2,1-2H3,(H,14,15)(H,16,18,19). The Morgan fingerprint density at radius 2 is 1.95 bits per heavy atom. The maximum atomic E-state index is 11.8. The predicted octanol–water partition coefficient (Wildman–Crippen LogP) is 0.792. The van der Waals surface area contributed by atoms with Gasteiger partial charge in [-0.1, -0.05) is 13.8 Å². The van der Waals surface area contributed by atoms with E-state index >= 15 is 0 Å². The molecule has 2 heterocycles. The zero-order valence-electron chi connectivity index (χ0n) is 11.9. The van der Waals surface area contributed by atoms with Crippen molar-refractivity contribution in [1.29, 1.82) is 0 Å². The fourth-order valence-corrected chi connectivity index (χ4v) is 2.05. The van der Waals surface area contributed by atoms with Crippen molar-refractivity contribution in [2.24, 2.45) is 0 Å². The quantitative estimate of drug-likeness (QED) is 0.733.